The number of allylic oxidation sites excluding steroid dienone is 1. The Morgan fingerprint density at radius 1 is 1.08 bits per heavy atom. The molecule has 188 valence electrons. The third-order valence-corrected chi connectivity index (χ3v) is 7.22. The first kappa shape index (κ1) is 25.4. The molecule has 2 heterocycles. The molecule has 4 rings (SSSR count). The maximum atomic E-state index is 13.9. The maximum absolute atomic E-state index is 13.9. The van der Waals surface area contributed by atoms with Gasteiger partial charge in [-0.15, -0.1) is 0 Å². The summed E-state index contributed by atoms with van der Waals surface area (Å²) in [6.45, 7) is 9.29. The molecule has 2 aromatic carbocycles. The summed E-state index contributed by atoms with van der Waals surface area (Å²) in [6, 6.07) is 14.5. The lowest BCUT2D eigenvalue weighted by Crippen LogP contribution is -2.43. The van der Waals surface area contributed by atoms with E-state index < -0.39 is 6.04 Å². The van der Waals surface area contributed by atoms with Gasteiger partial charge < -0.3 is 14.4 Å². The normalized spacial score (nSPS) is 15.4. The molecule has 1 aromatic heterocycles. The van der Waals surface area contributed by atoms with E-state index in [-0.39, 0.29) is 11.5 Å². The molecule has 0 unspecified atom stereocenters. The van der Waals surface area contributed by atoms with Crippen LogP contribution in [0.15, 0.2) is 69.6 Å². The van der Waals surface area contributed by atoms with Gasteiger partial charge in [-0.1, -0.05) is 47.7 Å². The molecule has 0 fully saturated rings. The monoisotopic (exact) mass is 505 g/mol. The van der Waals surface area contributed by atoms with Gasteiger partial charge in [-0.3, -0.25) is 14.2 Å². The Morgan fingerprint density at radius 2 is 1.75 bits per heavy atom. The molecule has 0 radical (unpaired) electrons. The third-order valence-electron chi connectivity index (χ3n) is 6.24. The Morgan fingerprint density at radius 3 is 2.42 bits per heavy atom. The van der Waals surface area contributed by atoms with Crippen LogP contribution in [0.2, 0.25) is 0 Å². The number of para-hydroxylation sites is 2. The van der Waals surface area contributed by atoms with Crippen molar-refractivity contribution < 1.29 is 14.3 Å². The van der Waals surface area contributed by atoms with Crippen LogP contribution in [-0.4, -0.2) is 42.2 Å². The van der Waals surface area contributed by atoms with E-state index in [4.69, 9.17) is 14.5 Å². The molecular weight excluding hydrogens is 474 g/mol. The number of carbonyl (C=O) groups excluding carboxylic acids is 1. The summed E-state index contributed by atoms with van der Waals surface area (Å²) in [6.07, 6.45) is 1.83. The summed E-state index contributed by atoms with van der Waals surface area (Å²) in [7, 11) is 1.59. The van der Waals surface area contributed by atoms with Crippen molar-refractivity contribution in [1.29, 1.82) is 0 Å². The number of methoxy groups -OCH3 is 1. The van der Waals surface area contributed by atoms with Gasteiger partial charge in [-0.25, -0.2) is 4.99 Å². The van der Waals surface area contributed by atoms with Gasteiger partial charge in [0.1, 0.15) is 17.5 Å². The van der Waals surface area contributed by atoms with E-state index in [2.05, 4.69) is 0 Å². The van der Waals surface area contributed by atoms with Crippen molar-refractivity contribution in [3.8, 4) is 11.5 Å². The first-order valence-corrected chi connectivity index (χ1v) is 12.9. The highest BCUT2D eigenvalue weighted by Gasteiger charge is 2.35. The lowest BCUT2D eigenvalue weighted by atomic mass is 9.94. The number of hydrogen-bond donors (Lipinski definition) is 0. The van der Waals surface area contributed by atoms with E-state index in [1.165, 1.54) is 11.3 Å². The van der Waals surface area contributed by atoms with Crippen LogP contribution in [0.1, 0.15) is 44.9 Å². The molecule has 0 spiro atoms. The van der Waals surface area contributed by atoms with E-state index in [1.807, 2.05) is 82.3 Å². The zero-order valence-corrected chi connectivity index (χ0v) is 22.1. The fraction of sp³-hybridized carbons (Fsp3) is 0.321. The van der Waals surface area contributed by atoms with Crippen molar-refractivity contribution in [2.75, 3.05) is 26.8 Å². The van der Waals surface area contributed by atoms with Crippen molar-refractivity contribution >= 4 is 23.3 Å². The van der Waals surface area contributed by atoms with Crippen molar-refractivity contribution in [2.24, 2.45) is 4.99 Å². The molecule has 7 nitrogen and oxygen atoms in total. The summed E-state index contributed by atoms with van der Waals surface area (Å²) in [5, 5.41) is 0. The minimum Gasteiger partial charge on any atom is -0.496 e. The van der Waals surface area contributed by atoms with Gasteiger partial charge in [-0.05, 0) is 45.9 Å². The van der Waals surface area contributed by atoms with E-state index >= 15 is 0 Å². The summed E-state index contributed by atoms with van der Waals surface area (Å²) >= 11 is 1.31. The van der Waals surface area contributed by atoms with Gasteiger partial charge in [0, 0.05) is 24.2 Å². The standard InChI is InChI=1S/C28H31N3O4S/c1-6-30(7-2)27(33)24-18(4)29-28-31(25(24)20-14-10-12-16-22(20)34-5)26(32)23(36-28)17-19-13-9-11-15-21(19)35-8-3/h9-17,25H,6-8H2,1-5H3/b23-17+/t25-/m1/s1. The number of ether oxygens (including phenoxy) is 2. The fourth-order valence-electron chi connectivity index (χ4n) is 4.49. The Labute approximate surface area is 214 Å². The van der Waals surface area contributed by atoms with Gasteiger partial charge in [-0.2, -0.15) is 0 Å². The molecule has 8 heteroatoms. The zero-order chi connectivity index (χ0) is 25.8. The van der Waals surface area contributed by atoms with Crippen LogP contribution >= 0.6 is 11.3 Å². The van der Waals surface area contributed by atoms with Crippen LogP contribution < -0.4 is 24.4 Å². The number of benzene rings is 2. The first-order chi connectivity index (χ1) is 17.4. The Kier molecular flexibility index (Phi) is 7.74. The predicted molar refractivity (Wildman–Crippen MR) is 142 cm³/mol. The van der Waals surface area contributed by atoms with Crippen molar-refractivity contribution in [3.05, 3.63) is 90.6 Å². The van der Waals surface area contributed by atoms with Gasteiger partial charge in [0.05, 0.1) is 29.5 Å². The molecule has 1 aliphatic heterocycles. The largest absolute Gasteiger partial charge is 0.496 e. The minimum absolute atomic E-state index is 0.131. The number of likely N-dealkylation sites (N-methyl/N-ethyl adjacent to an activating group) is 1. The van der Waals surface area contributed by atoms with Crippen molar-refractivity contribution in [3.63, 3.8) is 0 Å². The molecule has 1 aliphatic rings. The molecule has 1 amide bonds. The molecule has 0 saturated heterocycles. The number of amides is 1. The lowest BCUT2D eigenvalue weighted by Gasteiger charge is -2.29. The topological polar surface area (TPSA) is 73.1 Å². The van der Waals surface area contributed by atoms with Crippen LogP contribution in [0, 0.1) is 0 Å². The van der Waals surface area contributed by atoms with Gasteiger partial charge in [0.15, 0.2) is 4.80 Å². The van der Waals surface area contributed by atoms with E-state index in [0.29, 0.717) is 51.8 Å². The molecule has 0 aliphatic carbocycles. The predicted octanol–water partition coefficient (Wildman–Crippen LogP) is 3.51. The smallest absolute Gasteiger partial charge is 0.271 e. The van der Waals surface area contributed by atoms with Crippen LogP contribution in [-0.2, 0) is 4.79 Å². The summed E-state index contributed by atoms with van der Waals surface area (Å²) in [4.78, 5) is 34.7. The number of thiazole rings is 1. The highest BCUT2D eigenvalue weighted by atomic mass is 32.1. The van der Waals surface area contributed by atoms with Crippen LogP contribution in [0.3, 0.4) is 0 Å². The van der Waals surface area contributed by atoms with Gasteiger partial charge >= 0.3 is 0 Å². The zero-order valence-electron chi connectivity index (χ0n) is 21.3. The molecule has 3 aromatic rings. The van der Waals surface area contributed by atoms with Gasteiger partial charge in [0.2, 0.25) is 0 Å². The Hall–Kier alpha value is -3.65. The molecule has 0 bridgehead atoms. The lowest BCUT2D eigenvalue weighted by molar-refractivity contribution is -0.127. The van der Waals surface area contributed by atoms with Crippen molar-refractivity contribution in [1.82, 2.24) is 9.47 Å². The number of fused-ring (bicyclic) bond motifs is 1. The number of nitrogens with zero attached hydrogens (tertiary/aromatic N) is 3. The van der Waals surface area contributed by atoms with E-state index in [9.17, 15) is 9.59 Å². The fourth-order valence-corrected chi connectivity index (χ4v) is 5.53. The molecule has 0 N–H and O–H groups in total. The highest BCUT2D eigenvalue weighted by Crippen LogP contribution is 2.36. The minimum atomic E-state index is -0.658. The number of aromatic nitrogens is 1. The van der Waals surface area contributed by atoms with Crippen LogP contribution in [0.5, 0.6) is 11.5 Å². The summed E-state index contributed by atoms with van der Waals surface area (Å²) < 4.78 is 13.6. The second kappa shape index (κ2) is 11.0. The van der Waals surface area contributed by atoms with Crippen LogP contribution in [0.25, 0.3) is 6.08 Å². The quantitative estimate of drug-likeness (QED) is 0.470. The van der Waals surface area contributed by atoms with Crippen molar-refractivity contribution in [2.45, 2.75) is 33.7 Å². The van der Waals surface area contributed by atoms with E-state index in [1.54, 1.807) is 16.6 Å². The molecule has 36 heavy (non-hydrogen) atoms. The van der Waals surface area contributed by atoms with Crippen LogP contribution in [0.4, 0.5) is 0 Å². The van der Waals surface area contributed by atoms with Gasteiger partial charge in [0.25, 0.3) is 11.5 Å². The Bertz CT molecular complexity index is 1480. The number of carbonyl (C=O) groups is 1. The Balaban J connectivity index is 1.99. The van der Waals surface area contributed by atoms with E-state index in [0.717, 1.165) is 11.1 Å². The first-order valence-electron chi connectivity index (χ1n) is 12.1. The molecular formula is C28H31N3O4S. The summed E-state index contributed by atoms with van der Waals surface area (Å²) in [5.74, 6) is 1.19. The highest BCUT2D eigenvalue weighted by molar-refractivity contribution is 7.07. The number of hydrogen-bond acceptors (Lipinski definition) is 6. The average Bonchev–Trinajstić information content (AvgIpc) is 3.19. The third kappa shape index (κ3) is 4.60. The molecule has 1 atom stereocenters. The molecule has 0 saturated carbocycles. The average molecular weight is 506 g/mol. The summed E-state index contributed by atoms with van der Waals surface area (Å²) in [5.41, 5.74) is 2.43. The second-order valence-corrected chi connectivity index (χ2v) is 9.28. The second-order valence-electron chi connectivity index (χ2n) is 8.27. The SMILES string of the molecule is CCOc1ccccc1/C=c1/sc2n(c1=O)[C@H](c1ccccc1OC)C(C(=O)N(CC)CC)=C(C)N=2. The number of rotatable bonds is 8. The maximum Gasteiger partial charge on any atom is 0.271 e.